The Balaban J connectivity index is 2.67. The molecule has 0 unspecified atom stereocenters. The first kappa shape index (κ1) is 9.61. The molecular formula is C11H11GaNO. The second-order valence-corrected chi connectivity index (χ2v) is 4.68. The summed E-state index contributed by atoms with van der Waals surface area (Å²) in [6.07, 6.45) is 1.81. The second kappa shape index (κ2) is 4.06. The molecule has 0 bridgehead atoms. The Morgan fingerprint density at radius 2 is 2.21 bits per heavy atom. The summed E-state index contributed by atoms with van der Waals surface area (Å²) in [7, 11) is 0. The molecule has 69 valence electrons. The van der Waals surface area contributed by atoms with Gasteiger partial charge < -0.3 is 0 Å². The molecule has 2 nitrogen and oxygen atoms in total. The molecule has 1 heterocycles. The molecule has 2 rings (SSSR count). The maximum atomic E-state index is 5.69. The molecule has 0 amide bonds. The summed E-state index contributed by atoms with van der Waals surface area (Å²) in [6.45, 7) is 2.08. The van der Waals surface area contributed by atoms with Crippen LogP contribution in [0, 0.1) is 6.92 Å². The van der Waals surface area contributed by atoms with E-state index in [-0.39, 0.29) is 0 Å². The Hall–Kier alpha value is -0.934. The first-order valence-electron chi connectivity index (χ1n) is 4.61. The summed E-state index contributed by atoms with van der Waals surface area (Å²) in [6, 6.07) is 8.22. The molecule has 0 N–H and O–H groups in total. The third-order valence-electron chi connectivity index (χ3n) is 2.06. The van der Waals surface area contributed by atoms with Crippen LogP contribution in [0.5, 0.6) is 5.75 Å². The third kappa shape index (κ3) is 1.78. The van der Waals surface area contributed by atoms with E-state index in [1.165, 1.54) is 5.56 Å². The van der Waals surface area contributed by atoms with Crippen LogP contribution in [0.1, 0.15) is 5.56 Å². The SMILES string of the molecule is [CH3][Ga][O]c1cc(C)cc2cccnc12. The van der Waals surface area contributed by atoms with Crippen molar-refractivity contribution in [3.05, 3.63) is 36.0 Å². The fourth-order valence-corrected chi connectivity index (χ4v) is 2.43. The second-order valence-electron chi connectivity index (χ2n) is 3.19. The third-order valence-corrected chi connectivity index (χ3v) is 3.09. The number of benzene rings is 1. The first-order valence-corrected chi connectivity index (χ1v) is 8.02. The van der Waals surface area contributed by atoms with Gasteiger partial charge >= 0.3 is 91.4 Å². The maximum absolute atomic E-state index is 5.69. The Bertz CT molecular complexity index is 456. The van der Waals surface area contributed by atoms with E-state index >= 15 is 0 Å². The van der Waals surface area contributed by atoms with E-state index in [2.05, 4.69) is 35.6 Å². The molecule has 0 aliphatic rings. The van der Waals surface area contributed by atoms with Crippen LogP contribution in [0.15, 0.2) is 30.5 Å². The van der Waals surface area contributed by atoms with E-state index in [1.807, 2.05) is 12.3 Å². The molecule has 0 saturated carbocycles. The Morgan fingerprint density at radius 1 is 1.36 bits per heavy atom. The summed E-state index contributed by atoms with van der Waals surface area (Å²) < 4.78 is 5.69. The van der Waals surface area contributed by atoms with Gasteiger partial charge in [-0.1, -0.05) is 0 Å². The zero-order valence-corrected chi connectivity index (χ0v) is 10.7. The van der Waals surface area contributed by atoms with Gasteiger partial charge in [-0.3, -0.25) is 0 Å². The topological polar surface area (TPSA) is 22.1 Å². The fraction of sp³-hybridized carbons (Fsp3) is 0.182. The van der Waals surface area contributed by atoms with Crippen LogP contribution in [0.4, 0.5) is 0 Å². The Kier molecular flexibility index (Phi) is 2.79. The molecule has 0 saturated heterocycles. The van der Waals surface area contributed by atoms with Gasteiger partial charge in [0.05, 0.1) is 0 Å². The molecular weight excluding hydrogens is 232 g/mol. The van der Waals surface area contributed by atoms with Gasteiger partial charge in [0, 0.05) is 0 Å². The predicted molar refractivity (Wildman–Crippen MR) is 58.7 cm³/mol. The number of pyridine rings is 1. The minimum atomic E-state index is -0.567. The molecule has 1 radical (unpaired) electrons. The van der Waals surface area contributed by atoms with Gasteiger partial charge in [-0.2, -0.15) is 0 Å². The van der Waals surface area contributed by atoms with E-state index in [1.54, 1.807) is 0 Å². The predicted octanol–water partition coefficient (Wildman–Crippen LogP) is 2.59. The van der Waals surface area contributed by atoms with Gasteiger partial charge in [0.15, 0.2) is 0 Å². The van der Waals surface area contributed by atoms with E-state index in [9.17, 15) is 0 Å². The molecule has 1 aromatic carbocycles. The quantitative estimate of drug-likeness (QED) is 0.756. The van der Waals surface area contributed by atoms with Crippen molar-refractivity contribution in [1.29, 1.82) is 0 Å². The van der Waals surface area contributed by atoms with Crippen LogP contribution in [-0.2, 0) is 0 Å². The van der Waals surface area contributed by atoms with Crippen LogP contribution in [0.2, 0.25) is 5.48 Å². The number of rotatable bonds is 2. The minimum absolute atomic E-state index is 0.567. The Morgan fingerprint density at radius 3 is 3.00 bits per heavy atom. The van der Waals surface area contributed by atoms with Crippen molar-refractivity contribution in [1.82, 2.24) is 4.98 Å². The molecule has 2 aromatic rings. The number of aromatic nitrogens is 1. The van der Waals surface area contributed by atoms with Crippen molar-refractivity contribution < 1.29 is 3.53 Å². The normalized spacial score (nSPS) is 10.1. The number of hydrogen-bond acceptors (Lipinski definition) is 2. The molecule has 0 aliphatic heterocycles. The number of nitrogens with zero attached hydrogens (tertiary/aromatic N) is 1. The van der Waals surface area contributed by atoms with Crippen LogP contribution >= 0.6 is 0 Å². The number of hydrogen-bond donors (Lipinski definition) is 0. The van der Waals surface area contributed by atoms with E-state index in [0.29, 0.717) is 0 Å². The van der Waals surface area contributed by atoms with Crippen LogP contribution in [0.3, 0.4) is 0 Å². The van der Waals surface area contributed by atoms with Gasteiger partial charge in [-0.25, -0.2) is 0 Å². The van der Waals surface area contributed by atoms with Gasteiger partial charge in [0.1, 0.15) is 0 Å². The van der Waals surface area contributed by atoms with Gasteiger partial charge in [0.2, 0.25) is 0 Å². The van der Waals surface area contributed by atoms with Gasteiger partial charge in [-0.05, 0) is 0 Å². The van der Waals surface area contributed by atoms with Gasteiger partial charge in [-0.15, -0.1) is 0 Å². The van der Waals surface area contributed by atoms with Crippen molar-refractivity contribution in [3.8, 4) is 5.75 Å². The standard InChI is InChI=1S/C10H9NO.CH3.Ga/c1-7-5-8-3-2-4-11-10(8)9(12)6-7;;/h2-6,12H,1H3;1H3;/q;;+1/p-1. The summed E-state index contributed by atoms with van der Waals surface area (Å²) in [5.74, 6) is 0.947. The first-order chi connectivity index (χ1) is 6.81. The fourth-order valence-electron chi connectivity index (χ4n) is 1.52. The molecule has 1 aromatic heterocycles. The summed E-state index contributed by atoms with van der Waals surface area (Å²) in [5.41, 5.74) is 4.35. The zero-order valence-electron chi connectivity index (χ0n) is 8.32. The van der Waals surface area contributed by atoms with E-state index < -0.39 is 17.8 Å². The zero-order chi connectivity index (χ0) is 9.97. The van der Waals surface area contributed by atoms with Crippen molar-refractivity contribution in [3.63, 3.8) is 0 Å². The molecule has 0 fully saturated rings. The molecule has 14 heavy (non-hydrogen) atoms. The Labute approximate surface area is 91.5 Å². The van der Waals surface area contributed by atoms with Crippen molar-refractivity contribution in [2.24, 2.45) is 0 Å². The van der Waals surface area contributed by atoms with Crippen LogP contribution in [-0.4, -0.2) is 22.8 Å². The van der Waals surface area contributed by atoms with Crippen molar-refractivity contribution in [2.45, 2.75) is 12.4 Å². The van der Waals surface area contributed by atoms with Crippen molar-refractivity contribution >= 4 is 28.7 Å². The molecule has 0 aliphatic carbocycles. The van der Waals surface area contributed by atoms with Gasteiger partial charge in [0.25, 0.3) is 0 Å². The number of fused-ring (bicyclic) bond motifs is 1. The average molecular weight is 243 g/mol. The van der Waals surface area contributed by atoms with Crippen molar-refractivity contribution in [2.75, 3.05) is 0 Å². The van der Waals surface area contributed by atoms with E-state index in [4.69, 9.17) is 3.53 Å². The summed E-state index contributed by atoms with van der Waals surface area (Å²) >= 11 is -0.567. The monoisotopic (exact) mass is 242 g/mol. The van der Waals surface area contributed by atoms with Crippen LogP contribution in [0.25, 0.3) is 10.9 Å². The molecule has 3 heteroatoms. The summed E-state index contributed by atoms with van der Waals surface area (Å²) in [5, 5.41) is 1.16. The average Bonchev–Trinajstić information content (AvgIpc) is 2.18. The number of aryl methyl sites for hydroxylation is 1. The van der Waals surface area contributed by atoms with Crippen LogP contribution < -0.4 is 3.53 Å². The molecule has 0 spiro atoms. The molecule has 0 atom stereocenters. The van der Waals surface area contributed by atoms with E-state index in [0.717, 1.165) is 16.7 Å². The summed E-state index contributed by atoms with van der Waals surface area (Å²) in [4.78, 5) is 4.34.